The van der Waals surface area contributed by atoms with Gasteiger partial charge in [-0.2, -0.15) is 0 Å². The lowest BCUT2D eigenvalue weighted by atomic mass is 10.1. The molecule has 0 amide bonds. The molecule has 1 aromatic carbocycles. The first-order valence-corrected chi connectivity index (χ1v) is 12.8. The van der Waals surface area contributed by atoms with Crippen molar-refractivity contribution in [2.45, 2.75) is 25.3 Å². The number of hydrogen-bond acceptors (Lipinski definition) is 9. The molecule has 2 atom stereocenters. The summed E-state index contributed by atoms with van der Waals surface area (Å²) in [5, 5.41) is 8.37. The predicted molar refractivity (Wildman–Crippen MR) is 141 cm³/mol. The van der Waals surface area contributed by atoms with E-state index in [-0.39, 0.29) is 6.04 Å². The molecule has 0 radical (unpaired) electrons. The first-order valence-electron chi connectivity index (χ1n) is 12.0. The van der Waals surface area contributed by atoms with E-state index in [1.54, 1.807) is 26.5 Å². The van der Waals surface area contributed by atoms with E-state index in [0.717, 1.165) is 44.5 Å². The average Bonchev–Trinajstić information content (AvgIpc) is 3.42. The van der Waals surface area contributed by atoms with E-state index in [2.05, 4.69) is 15.6 Å². The average molecular weight is 534 g/mol. The molecule has 0 bridgehead atoms. The Morgan fingerprint density at radius 2 is 1.78 bits per heavy atom. The quantitative estimate of drug-likeness (QED) is 0.411. The van der Waals surface area contributed by atoms with Gasteiger partial charge in [0.2, 0.25) is 5.95 Å². The molecule has 9 nitrogen and oxygen atoms in total. The Kier molecular flexibility index (Phi) is 7.81. The van der Waals surface area contributed by atoms with Crippen LogP contribution in [0.25, 0.3) is 22.2 Å². The van der Waals surface area contributed by atoms with Gasteiger partial charge < -0.3 is 29.6 Å². The molecule has 192 valence electrons. The van der Waals surface area contributed by atoms with Crippen LogP contribution in [0.15, 0.2) is 18.3 Å². The summed E-state index contributed by atoms with van der Waals surface area (Å²) in [6, 6.07) is 3.71. The van der Waals surface area contributed by atoms with Crippen molar-refractivity contribution in [2.24, 2.45) is 5.92 Å². The Morgan fingerprint density at radius 3 is 2.44 bits per heavy atom. The van der Waals surface area contributed by atoms with Crippen LogP contribution in [-0.2, 0) is 9.47 Å². The highest BCUT2D eigenvalue weighted by Crippen LogP contribution is 2.46. The molecule has 11 heteroatoms. The summed E-state index contributed by atoms with van der Waals surface area (Å²) in [6.45, 7) is 3.63. The molecule has 4 heterocycles. The second-order valence-corrected chi connectivity index (χ2v) is 9.70. The number of aromatic nitrogens is 3. The van der Waals surface area contributed by atoms with Gasteiger partial charge in [-0.3, -0.25) is 0 Å². The van der Waals surface area contributed by atoms with E-state index in [1.165, 1.54) is 0 Å². The van der Waals surface area contributed by atoms with Crippen molar-refractivity contribution >= 4 is 45.9 Å². The number of benzene rings is 1. The van der Waals surface area contributed by atoms with Gasteiger partial charge in [-0.15, -0.1) is 0 Å². The molecule has 2 N–H and O–H groups in total. The molecular formula is C25H29Cl2N5O4. The zero-order valence-electron chi connectivity index (χ0n) is 20.3. The third-order valence-corrected chi connectivity index (χ3v) is 7.22. The molecule has 2 fully saturated rings. The molecule has 2 unspecified atom stereocenters. The number of fused-ring (bicyclic) bond motifs is 1. The van der Waals surface area contributed by atoms with Crippen molar-refractivity contribution in [3.05, 3.63) is 28.4 Å². The fourth-order valence-electron chi connectivity index (χ4n) is 4.49. The highest BCUT2D eigenvalue weighted by Gasteiger charge is 2.23. The van der Waals surface area contributed by atoms with Crippen LogP contribution in [0.5, 0.6) is 11.5 Å². The Labute approximate surface area is 219 Å². The van der Waals surface area contributed by atoms with Crippen LogP contribution in [0.1, 0.15) is 19.3 Å². The van der Waals surface area contributed by atoms with E-state index in [4.69, 9.17) is 52.1 Å². The van der Waals surface area contributed by atoms with E-state index in [9.17, 15) is 0 Å². The molecule has 2 aromatic heterocycles. The highest BCUT2D eigenvalue weighted by molar-refractivity contribution is 6.41. The number of methoxy groups -OCH3 is 2. The number of ether oxygens (including phenoxy) is 4. The number of hydrogen-bond donors (Lipinski definition) is 2. The number of nitrogens with zero attached hydrogens (tertiary/aromatic N) is 3. The minimum absolute atomic E-state index is 0.178. The Hall–Kier alpha value is -2.59. The number of pyridine rings is 1. The van der Waals surface area contributed by atoms with Gasteiger partial charge >= 0.3 is 0 Å². The molecule has 5 rings (SSSR count). The Bertz CT molecular complexity index is 1200. The maximum Gasteiger partial charge on any atom is 0.223 e. The van der Waals surface area contributed by atoms with Gasteiger partial charge in [-0.05, 0) is 25.3 Å². The SMILES string of the molecule is COc1cc(OC)c(Cl)c(-c2cc3cnc(NC4CCCOC4)nc3c(NCC3CCOC3)n2)c1Cl. The lowest BCUT2D eigenvalue weighted by Gasteiger charge is -2.23. The minimum Gasteiger partial charge on any atom is -0.495 e. The van der Waals surface area contributed by atoms with Crippen molar-refractivity contribution in [3.8, 4) is 22.8 Å². The van der Waals surface area contributed by atoms with Crippen LogP contribution in [-0.4, -0.2) is 68.2 Å². The van der Waals surface area contributed by atoms with Crippen LogP contribution in [0.3, 0.4) is 0 Å². The van der Waals surface area contributed by atoms with Gasteiger partial charge in [-0.1, -0.05) is 23.2 Å². The number of anilines is 2. The minimum atomic E-state index is 0.178. The molecule has 36 heavy (non-hydrogen) atoms. The van der Waals surface area contributed by atoms with E-state index >= 15 is 0 Å². The molecular weight excluding hydrogens is 505 g/mol. The van der Waals surface area contributed by atoms with Gasteiger partial charge in [0.25, 0.3) is 0 Å². The van der Waals surface area contributed by atoms with Crippen molar-refractivity contribution in [3.63, 3.8) is 0 Å². The lowest BCUT2D eigenvalue weighted by molar-refractivity contribution is 0.0874. The van der Waals surface area contributed by atoms with Crippen LogP contribution in [0.2, 0.25) is 10.0 Å². The van der Waals surface area contributed by atoms with Gasteiger partial charge in [0, 0.05) is 48.9 Å². The normalized spacial score (nSPS) is 19.9. The molecule has 0 spiro atoms. The third kappa shape index (κ3) is 5.25. The summed E-state index contributed by atoms with van der Waals surface area (Å²) in [4.78, 5) is 14.3. The predicted octanol–water partition coefficient (Wildman–Crippen LogP) is 5.06. The van der Waals surface area contributed by atoms with Crippen LogP contribution in [0.4, 0.5) is 11.8 Å². The highest BCUT2D eigenvalue weighted by atomic mass is 35.5. The molecule has 0 aliphatic carbocycles. The van der Waals surface area contributed by atoms with E-state index < -0.39 is 0 Å². The van der Waals surface area contributed by atoms with Crippen molar-refractivity contribution < 1.29 is 18.9 Å². The Balaban J connectivity index is 1.58. The third-order valence-electron chi connectivity index (χ3n) is 6.47. The monoisotopic (exact) mass is 533 g/mol. The fourth-order valence-corrected chi connectivity index (χ4v) is 5.19. The summed E-state index contributed by atoms with van der Waals surface area (Å²) >= 11 is 13.4. The summed E-state index contributed by atoms with van der Waals surface area (Å²) in [6.07, 6.45) is 4.80. The second kappa shape index (κ2) is 11.2. The zero-order chi connectivity index (χ0) is 25.1. The summed E-state index contributed by atoms with van der Waals surface area (Å²) in [5.74, 6) is 2.44. The molecule has 2 aliphatic heterocycles. The first kappa shape index (κ1) is 25.1. The van der Waals surface area contributed by atoms with E-state index in [1.807, 2.05) is 6.07 Å². The standard InChI is InChI=1S/C25H29Cl2N5O4/c1-33-18-9-19(34-2)22(27)20(21(18)26)17-8-15-11-29-25(30-16-4-3-6-35-13-16)32-23(15)24(31-17)28-10-14-5-7-36-12-14/h8-9,11,14,16H,3-7,10,12-13H2,1-2H3,(H,28,31)(H,29,30,32). The number of rotatable bonds is 8. The van der Waals surface area contributed by atoms with Gasteiger partial charge in [0.15, 0.2) is 5.82 Å². The summed E-state index contributed by atoms with van der Waals surface area (Å²) in [7, 11) is 3.09. The van der Waals surface area contributed by atoms with Crippen molar-refractivity contribution in [1.82, 2.24) is 15.0 Å². The molecule has 2 saturated heterocycles. The maximum absolute atomic E-state index is 6.70. The van der Waals surface area contributed by atoms with Crippen LogP contribution < -0.4 is 20.1 Å². The lowest BCUT2D eigenvalue weighted by Crippen LogP contribution is -2.30. The van der Waals surface area contributed by atoms with Crippen molar-refractivity contribution in [1.29, 1.82) is 0 Å². The maximum atomic E-state index is 6.70. The second-order valence-electron chi connectivity index (χ2n) is 8.94. The van der Waals surface area contributed by atoms with Crippen LogP contribution >= 0.6 is 23.2 Å². The largest absolute Gasteiger partial charge is 0.495 e. The van der Waals surface area contributed by atoms with Gasteiger partial charge in [0.05, 0.1) is 49.2 Å². The molecule has 0 saturated carbocycles. The topological polar surface area (TPSA) is 99.7 Å². The Morgan fingerprint density at radius 1 is 1.00 bits per heavy atom. The van der Waals surface area contributed by atoms with Crippen molar-refractivity contribution in [2.75, 3.05) is 57.8 Å². The summed E-state index contributed by atoms with van der Waals surface area (Å²) in [5.41, 5.74) is 1.78. The molecule has 2 aliphatic rings. The van der Waals surface area contributed by atoms with Gasteiger partial charge in [0.1, 0.15) is 17.0 Å². The van der Waals surface area contributed by atoms with Gasteiger partial charge in [-0.25, -0.2) is 15.0 Å². The van der Waals surface area contributed by atoms with Crippen LogP contribution in [0, 0.1) is 5.92 Å². The smallest absolute Gasteiger partial charge is 0.223 e. The first-order chi connectivity index (χ1) is 17.6. The zero-order valence-corrected chi connectivity index (χ0v) is 21.8. The fraction of sp³-hybridized carbons (Fsp3) is 0.480. The summed E-state index contributed by atoms with van der Waals surface area (Å²) < 4.78 is 22.0. The number of nitrogens with one attached hydrogen (secondary N) is 2. The molecule has 3 aromatic rings. The van der Waals surface area contributed by atoms with E-state index in [0.29, 0.717) is 69.2 Å². The number of halogens is 2.